The fourth-order valence-corrected chi connectivity index (χ4v) is 3.75. The summed E-state index contributed by atoms with van der Waals surface area (Å²) in [5.74, 6) is 0.794. The number of nitrogens with zero attached hydrogens (tertiary/aromatic N) is 4. The summed E-state index contributed by atoms with van der Waals surface area (Å²) in [6.45, 7) is 6.24. The van der Waals surface area contributed by atoms with Crippen LogP contribution in [0.3, 0.4) is 0 Å². The number of amides is 1. The molecule has 1 N–H and O–H groups in total. The molecule has 2 fully saturated rings. The van der Waals surface area contributed by atoms with E-state index in [-0.39, 0.29) is 29.9 Å². The molecular formula is C18H33F3IN5O. The van der Waals surface area contributed by atoms with Crippen molar-refractivity contribution in [1.82, 2.24) is 20.0 Å². The number of nitrogens with one attached hydrogen (secondary N) is 1. The molecule has 28 heavy (non-hydrogen) atoms. The number of likely N-dealkylation sites (tertiary alicyclic amines) is 1. The van der Waals surface area contributed by atoms with E-state index in [1.165, 1.54) is 18.2 Å². The SMILES string of the molecule is CN=C(NCCC(=O)N1CCCCC1C)N1CCN(C(C)C(F)(F)F)CC1.I. The summed E-state index contributed by atoms with van der Waals surface area (Å²) in [6.07, 6.45) is -0.509. The van der Waals surface area contributed by atoms with Crippen molar-refractivity contribution in [2.24, 2.45) is 4.99 Å². The number of aliphatic imine (C=N–C) groups is 1. The van der Waals surface area contributed by atoms with Gasteiger partial charge in [-0.15, -0.1) is 24.0 Å². The first-order valence-corrected chi connectivity index (χ1v) is 9.80. The van der Waals surface area contributed by atoms with E-state index in [1.807, 2.05) is 9.80 Å². The van der Waals surface area contributed by atoms with Gasteiger partial charge in [-0.25, -0.2) is 0 Å². The standard InChI is InChI=1S/C18H32F3N5O.HI/c1-14-6-4-5-9-26(14)16(27)7-8-23-17(22-3)25-12-10-24(11-13-25)15(2)18(19,20)21;/h14-15H,4-13H2,1-3H3,(H,22,23);1H. The first-order valence-electron chi connectivity index (χ1n) is 9.80. The zero-order chi connectivity index (χ0) is 20.0. The minimum absolute atomic E-state index is 0. The minimum Gasteiger partial charge on any atom is -0.356 e. The topological polar surface area (TPSA) is 51.2 Å². The van der Waals surface area contributed by atoms with Gasteiger partial charge in [0.1, 0.15) is 6.04 Å². The van der Waals surface area contributed by atoms with Crippen LogP contribution in [0.25, 0.3) is 0 Å². The van der Waals surface area contributed by atoms with Gasteiger partial charge in [0, 0.05) is 58.8 Å². The molecular weight excluding hydrogens is 486 g/mol. The molecule has 0 spiro atoms. The predicted molar refractivity (Wildman–Crippen MR) is 115 cm³/mol. The van der Waals surface area contributed by atoms with Crippen molar-refractivity contribution >= 4 is 35.8 Å². The number of alkyl halides is 3. The second kappa shape index (κ2) is 11.4. The first-order chi connectivity index (χ1) is 12.7. The monoisotopic (exact) mass is 519 g/mol. The second-order valence-corrected chi connectivity index (χ2v) is 7.40. The lowest BCUT2D eigenvalue weighted by Crippen LogP contribution is -2.57. The summed E-state index contributed by atoms with van der Waals surface area (Å²) >= 11 is 0. The van der Waals surface area contributed by atoms with Crippen LogP contribution in [0.2, 0.25) is 0 Å². The van der Waals surface area contributed by atoms with Gasteiger partial charge in [-0.1, -0.05) is 0 Å². The molecule has 0 aromatic carbocycles. The lowest BCUT2D eigenvalue weighted by atomic mass is 10.0. The summed E-state index contributed by atoms with van der Waals surface area (Å²) in [5, 5.41) is 3.19. The van der Waals surface area contributed by atoms with E-state index in [4.69, 9.17) is 0 Å². The summed E-state index contributed by atoms with van der Waals surface area (Å²) in [4.78, 5) is 22.0. The third-order valence-corrected chi connectivity index (χ3v) is 5.59. The lowest BCUT2D eigenvalue weighted by Gasteiger charge is -2.39. The van der Waals surface area contributed by atoms with Crippen molar-refractivity contribution in [3.63, 3.8) is 0 Å². The van der Waals surface area contributed by atoms with Gasteiger partial charge in [-0.3, -0.25) is 14.7 Å². The maximum Gasteiger partial charge on any atom is 0.403 e. The molecule has 0 aromatic heterocycles. The van der Waals surface area contributed by atoms with Crippen molar-refractivity contribution < 1.29 is 18.0 Å². The van der Waals surface area contributed by atoms with Crippen LogP contribution in [0.1, 0.15) is 39.5 Å². The highest BCUT2D eigenvalue weighted by molar-refractivity contribution is 14.0. The number of carbonyl (C=O) groups is 1. The Balaban J connectivity index is 0.00000392. The second-order valence-electron chi connectivity index (χ2n) is 7.40. The van der Waals surface area contributed by atoms with Gasteiger partial charge in [0.25, 0.3) is 0 Å². The van der Waals surface area contributed by atoms with Crippen LogP contribution in [0.4, 0.5) is 13.2 Å². The maximum atomic E-state index is 12.9. The highest BCUT2D eigenvalue weighted by atomic mass is 127. The molecule has 0 radical (unpaired) electrons. The fourth-order valence-electron chi connectivity index (χ4n) is 3.75. The fraction of sp³-hybridized carbons (Fsp3) is 0.889. The minimum atomic E-state index is -4.20. The van der Waals surface area contributed by atoms with Crippen molar-refractivity contribution in [3.8, 4) is 0 Å². The number of hydrogen-bond donors (Lipinski definition) is 1. The smallest absolute Gasteiger partial charge is 0.356 e. The van der Waals surface area contributed by atoms with Gasteiger partial charge in [0.2, 0.25) is 5.91 Å². The van der Waals surface area contributed by atoms with Gasteiger partial charge in [-0.05, 0) is 33.1 Å². The van der Waals surface area contributed by atoms with Crippen LogP contribution in [-0.4, -0.2) is 91.1 Å². The molecule has 2 aliphatic heterocycles. The number of rotatable bonds is 4. The predicted octanol–water partition coefficient (Wildman–Crippen LogP) is 2.54. The van der Waals surface area contributed by atoms with E-state index in [0.29, 0.717) is 51.1 Å². The Morgan fingerprint density at radius 1 is 1.18 bits per heavy atom. The molecule has 0 bridgehead atoms. The zero-order valence-corrected chi connectivity index (χ0v) is 19.3. The number of guanidine groups is 1. The number of hydrogen-bond acceptors (Lipinski definition) is 3. The quantitative estimate of drug-likeness (QED) is 0.353. The molecule has 2 atom stereocenters. The Morgan fingerprint density at radius 2 is 1.82 bits per heavy atom. The molecule has 2 unspecified atom stereocenters. The normalized spacial score (nSPS) is 23.2. The van der Waals surface area contributed by atoms with Gasteiger partial charge < -0.3 is 15.1 Å². The van der Waals surface area contributed by atoms with Crippen LogP contribution in [-0.2, 0) is 4.79 Å². The molecule has 2 aliphatic rings. The Hall–Kier alpha value is -0.780. The summed E-state index contributed by atoms with van der Waals surface area (Å²) in [6, 6.07) is -1.13. The number of piperidine rings is 1. The Labute approximate surface area is 182 Å². The molecule has 2 saturated heterocycles. The van der Waals surface area contributed by atoms with Crippen LogP contribution in [0.15, 0.2) is 4.99 Å². The van der Waals surface area contributed by atoms with E-state index >= 15 is 0 Å². The van der Waals surface area contributed by atoms with Gasteiger partial charge >= 0.3 is 6.18 Å². The third-order valence-electron chi connectivity index (χ3n) is 5.59. The van der Waals surface area contributed by atoms with E-state index in [0.717, 1.165) is 19.4 Å². The number of halogens is 4. The largest absolute Gasteiger partial charge is 0.403 e. The van der Waals surface area contributed by atoms with E-state index in [1.54, 1.807) is 7.05 Å². The Bertz CT molecular complexity index is 524. The van der Waals surface area contributed by atoms with Crippen molar-refractivity contribution in [3.05, 3.63) is 0 Å². The third kappa shape index (κ3) is 6.93. The first kappa shape index (κ1) is 25.3. The van der Waals surface area contributed by atoms with Crippen molar-refractivity contribution in [1.29, 1.82) is 0 Å². The average molecular weight is 519 g/mol. The van der Waals surface area contributed by atoms with Crippen LogP contribution >= 0.6 is 24.0 Å². The van der Waals surface area contributed by atoms with E-state index in [9.17, 15) is 18.0 Å². The van der Waals surface area contributed by atoms with Gasteiger partial charge in [-0.2, -0.15) is 13.2 Å². The molecule has 0 aliphatic carbocycles. The van der Waals surface area contributed by atoms with Crippen LogP contribution in [0.5, 0.6) is 0 Å². The van der Waals surface area contributed by atoms with E-state index in [2.05, 4.69) is 17.2 Å². The average Bonchev–Trinajstić information content (AvgIpc) is 2.64. The molecule has 2 rings (SSSR count). The van der Waals surface area contributed by atoms with Gasteiger partial charge in [0.15, 0.2) is 5.96 Å². The van der Waals surface area contributed by atoms with Crippen molar-refractivity contribution in [2.75, 3.05) is 46.3 Å². The van der Waals surface area contributed by atoms with Crippen LogP contribution in [0, 0.1) is 0 Å². The zero-order valence-electron chi connectivity index (χ0n) is 17.0. The van der Waals surface area contributed by atoms with Crippen LogP contribution < -0.4 is 5.32 Å². The maximum absolute atomic E-state index is 12.9. The molecule has 0 saturated carbocycles. The molecule has 6 nitrogen and oxygen atoms in total. The molecule has 10 heteroatoms. The summed E-state index contributed by atoms with van der Waals surface area (Å²) in [7, 11) is 1.65. The molecule has 0 aromatic rings. The lowest BCUT2D eigenvalue weighted by molar-refractivity contribution is -0.181. The number of piperazine rings is 1. The molecule has 1 amide bonds. The summed E-state index contributed by atoms with van der Waals surface area (Å²) in [5.41, 5.74) is 0. The van der Waals surface area contributed by atoms with Gasteiger partial charge in [0.05, 0.1) is 0 Å². The Kier molecular flexibility index (Phi) is 10.3. The molecule has 2 heterocycles. The van der Waals surface area contributed by atoms with E-state index < -0.39 is 12.2 Å². The summed E-state index contributed by atoms with van der Waals surface area (Å²) < 4.78 is 38.6. The van der Waals surface area contributed by atoms with Crippen molar-refractivity contribution in [2.45, 2.75) is 57.8 Å². The Morgan fingerprint density at radius 3 is 2.36 bits per heavy atom. The highest BCUT2D eigenvalue weighted by Crippen LogP contribution is 2.25. The highest BCUT2D eigenvalue weighted by Gasteiger charge is 2.41. The number of carbonyl (C=O) groups excluding carboxylic acids is 1. The molecule has 164 valence electrons.